The first kappa shape index (κ1) is 15.4. The van der Waals surface area contributed by atoms with Crippen molar-refractivity contribution in [3.8, 4) is 0 Å². The molecule has 0 aromatic carbocycles. The summed E-state index contributed by atoms with van der Waals surface area (Å²) in [5.74, 6) is 0.864. The minimum Gasteiger partial charge on any atom is -0.395 e. The zero-order valence-corrected chi connectivity index (χ0v) is 12.0. The van der Waals surface area contributed by atoms with Crippen LogP contribution < -0.4 is 5.32 Å². The largest absolute Gasteiger partial charge is 0.395 e. The third-order valence-corrected chi connectivity index (χ3v) is 3.93. The molecule has 0 saturated carbocycles. The summed E-state index contributed by atoms with van der Waals surface area (Å²) in [7, 11) is 0. The maximum absolute atomic E-state index is 12.6. The van der Waals surface area contributed by atoms with Crippen LogP contribution in [0.25, 0.3) is 0 Å². The van der Waals surface area contributed by atoms with Gasteiger partial charge in [-0.25, -0.2) is 0 Å². The molecule has 4 nitrogen and oxygen atoms in total. The summed E-state index contributed by atoms with van der Waals surface area (Å²) >= 11 is 0. The molecule has 1 saturated heterocycles. The van der Waals surface area contributed by atoms with Crippen molar-refractivity contribution >= 4 is 5.91 Å². The second-order valence-electron chi connectivity index (χ2n) is 5.42. The number of hydrogen-bond acceptors (Lipinski definition) is 3. The number of aliphatic hydroxyl groups is 1. The highest BCUT2D eigenvalue weighted by molar-refractivity contribution is 5.79. The van der Waals surface area contributed by atoms with Crippen LogP contribution in [0.15, 0.2) is 0 Å². The fourth-order valence-electron chi connectivity index (χ4n) is 2.89. The Labute approximate surface area is 111 Å². The Morgan fingerprint density at radius 3 is 2.56 bits per heavy atom. The average molecular weight is 256 g/mol. The predicted molar refractivity (Wildman–Crippen MR) is 73.3 cm³/mol. The van der Waals surface area contributed by atoms with Gasteiger partial charge in [-0.15, -0.1) is 0 Å². The van der Waals surface area contributed by atoms with Crippen LogP contribution in [0.2, 0.25) is 0 Å². The third-order valence-electron chi connectivity index (χ3n) is 3.93. The molecular formula is C14H28N2O2. The van der Waals surface area contributed by atoms with Gasteiger partial charge in [-0.2, -0.15) is 0 Å². The molecule has 1 fully saturated rings. The summed E-state index contributed by atoms with van der Waals surface area (Å²) in [5, 5.41) is 12.5. The average Bonchev–Trinajstić information content (AvgIpc) is 2.38. The highest BCUT2D eigenvalue weighted by atomic mass is 16.3. The Hall–Kier alpha value is -0.610. The molecule has 0 spiro atoms. The van der Waals surface area contributed by atoms with E-state index >= 15 is 0 Å². The lowest BCUT2D eigenvalue weighted by Gasteiger charge is -2.36. The van der Waals surface area contributed by atoms with E-state index in [0.717, 1.165) is 32.4 Å². The number of nitrogens with zero attached hydrogens (tertiary/aromatic N) is 1. The molecule has 2 N–H and O–H groups in total. The van der Waals surface area contributed by atoms with Crippen molar-refractivity contribution in [3.63, 3.8) is 0 Å². The van der Waals surface area contributed by atoms with Crippen molar-refractivity contribution in [1.82, 2.24) is 10.2 Å². The summed E-state index contributed by atoms with van der Waals surface area (Å²) < 4.78 is 0. The molecule has 0 aromatic heterocycles. The number of rotatable bonds is 6. The van der Waals surface area contributed by atoms with Gasteiger partial charge >= 0.3 is 0 Å². The van der Waals surface area contributed by atoms with Gasteiger partial charge in [-0.05, 0) is 31.7 Å². The number of aliphatic hydroxyl groups excluding tert-OH is 1. The molecule has 2 unspecified atom stereocenters. The van der Waals surface area contributed by atoms with Crippen LogP contribution in [0.5, 0.6) is 0 Å². The van der Waals surface area contributed by atoms with Gasteiger partial charge in [0.05, 0.1) is 12.5 Å². The minimum absolute atomic E-state index is 0.0535. The van der Waals surface area contributed by atoms with E-state index in [-0.39, 0.29) is 24.5 Å². The lowest BCUT2D eigenvalue weighted by atomic mass is 9.90. The molecule has 106 valence electrons. The predicted octanol–water partition coefficient (Wildman–Crippen LogP) is 1.24. The van der Waals surface area contributed by atoms with Crippen LogP contribution in [-0.4, -0.2) is 48.2 Å². The van der Waals surface area contributed by atoms with Crippen LogP contribution in [-0.2, 0) is 4.79 Å². The van der Waals surface area contributed by atoms with Gasteiger partial charge < -0.3 is 15.3 Å². The molecule has 0 aliphatic carbocycles. The topological polar surface area (TPSA) is 52.6 Å². The zero-order chi connectivity index (χ0) is 13.5. The molecular weight excluding hydrogens is 228 g/mol. The van der Waals surface area contributed by atoms with Crippen LogP contribution in [0, 0.1) is 11.8 Å². The Morgan fingerprint density at radius 1 is 1.39 bits per heavy atom. The van der Waals surface area contributed by atoms with E-state index < -0.39 is 0 Å². The number of carbonyl (C=O) groups is 1. The highest BCUT2D eigenvalue weighted by Crippen LogP contribution is 2.20. The highest BCUT2D eigenvalue weighted by Gasteiger charge is 2.30. The number of amides is 1. The molecule has 18 heavy (non-hydrogen) atoms. The molecule has 4 heteroatoms. The first-order chi connectivity index (χ1) is 8.63. The fourth-order valence-corrected chi connectivity index (χ4v) is 2.89. The molecule has 1 aliphatic heterocycles. The molecule has 1 aliphatic rings. The first-order valence-electron chi connectivity index (χ1n) is 7.26. The summed E-state index contributed by atoms with van der Waals surface area (Å²) in [6.45, 7) is 8.70. The van der Waals surface area contributed by atoms with Crippen molar-refractivity contribution in [2.75, 3.05) is 26.2 Å². The summed E-state index contributed by atoms with van der Waals surface area (Å²) in [6.07, 6.45) is 2.88. The summed E-state index contributed by atoms with van der Waals surface area (Å²) in [6, 6.07) is 0.266. The van der Waals surface area contributed by atoms with Gasteiger partial charge in [0.2, 0.25) is 5.91 Å². The normalized spacial score (nSPS) is 24.3. The van der Waals surface area contributed by atoms with E-state index in [1.165, 1.54) is 0 Å². The molecule has 0 aromatic rings. The number of nitrogens with one attached hydrogen (secondary N) is 1. The monoisotopic (exact) mass is 256 g/mol. The number of carbonyl (C=O) groups excluding carboxylic acids is 1. The lowest BCUT2D eigenvalue weighted by Crippen LogP contribution is -2.49. The van der Waals surface area contributed by atoms with Gasteiger partial charge in [0.1, 0.15) is 0 Å². The first-order valence-corrected chi connectivity index (χ1v) is 7.26. The van der Waals surface area contributed by atoms with Gasteiger partial charge in [0, 0.05) is 19.1 Å². The fraction of sp³-hybridized carbons (Fsp3) is 0.929. The number of piperidine rings is 1. The minimum atomic E-state index is 0.0535. The van der Waals surface area contributed by atoms with E-state index in [1.807, 2.05) is 4.90 Å². The van der Waals surface area contributed by atoms with E-state index in [9.17, 15) is 4.79 Å². The van der Waals surface area contributed by atoms with E-state index in [0.29, 0.717) is 12.5 Å². The van der Waals surface area contributed by atoms with E-state index in [4.69, 9.17) is 5.11 Å². The second kappa shape index (κ2) is 7.74. The SMILES string of the molecule is CCC(CC)N(CCO)C(=O)C1CNCC(C)C1. The maximum Gasteiger partial charge on any atom is 0.227 e. The number of hydrogen-bond donors (Lipinski definition) is 2. The Bertz CT molecular complexity index is 254. The van der Waals surface area contributed by atoms with E-state index in [2.05, 4.69) is 26.1 Å². The Morgan fingerprint density at radius 2 is 2.06 bits per heavy atom. The lowest BCUT2D eigenvalue weighted by molar-refractivity contribution is -0.139. The van der Waals surface area contributed by atoms with Crippen molar-refractivity contribution in [1.29, 1.82) is 0 Å². The van der Waals surface area contributed by atoms with Gasteiger partial charge in [0.25, 0.3) is 0 Å². The summed E-state index contributed by atoms with van der Waals surface area (Å²) in [4.78, 5) is 14.5. The van der Waals surface area contributed by atoms with Crippen molar-refractivity contribution in [2.24, 2.45) is 11.8 Å². The van der Waals surface area contributed by atoms with Gasteiger partial charge in [-0.3, -0.25) is 4.79 Å². The summed E-state index contributed by atoms with van der Waals surface area (Å²) in [5.41, 5.74) is 0. The van der Waals surface area contributed by atoms with Crippen molar-refractivity contribution in [2.45, 2.75) is 46.1 Å². The Balaban J connectivity index is 2.68. The van der Waals surface area contributed by atoms with Gasteiger partial charge in [-0.1, -0.05) is 20.8 Å². The molecule has 1 rings (SSSR count). The smallest absolute Gasteiger partial charge is 0.227 e. The Kier molecular flexibility index (Phi) is 6.65. The molecule has 0 bridgehead atoms. The van der Waals surface area contributed by atoms with E-state index in [1.54, 1.807) is 0 Å². The molecule has 2 atom stereocenters. The molecule has 0 radical (unpaired) electrons. The van der Waals surface area contributed by atoms with Crippen LogP contribution in [0.3, 0.4) is 0 Å². The maximum atomic E-state index is 12.6. The third kappa shape index (κ3) is 3.95. The molecule has 1 heterocycles. The quantitative estimate of drug-likeness (QED) is 0.752. The van der Waals surface area contributed by atoms with Gasteiger partial charge in [0.15, 0.2) is 0 Å². The van der Waals surface area contributed by atoms with Crippen LogP contribution in [0.4, 0.5) is 0 Å². The van der Waals surface area contributed by atoms with Crippen molar-refractivity contribution in [3.05, 3.63) is 0 Å². The molecule has 1 amide bonds. The van der Waals surface area contributed by atoms with Crippen molar-refractivity contribution < 1.29 is 9.90 Å². The van der Waals surface area contributed by atoms with Crippen LogP contribution >= 0.6 is 0 Å². The standard InChI is InChI=1S/C14H28N2O2/c1-4-13(5-2)16(6-7-17)14(18)12-8-11(3)9-15-10-12/h11-13,15,17H,4-10H2,1-3H3. The second-order valence-corrected chi connectivity index (χ2v) is 5.42. The van der Waals surface area contributed by atoms with Crippen LogP contribution in [0.1, 0.15) is 40.0 Å². The zero-order valence-electron chi connectivity index (χ0n) is 12.0.